The second-order valence-corrected chi connectivity index (χ2v) is 3.23. The molecule has 0 saturated heterocycles. The van der Waals surface area contributed by atoms with E-state index in [0.717, 1.165) is 6.92 Å². The van der Waals surface area contributed by atoms with E-state index in [2.05, 4.69) is 10.2 Å². The van der Waals surface area contributed by atoms with Crippen molar-refractivity contribution in [3.05, 3.63) is 23.9 Å². The Labute approximate surface area is 78.9 Å². The molecule has 0 aliphatic heterocycles. The lowest BCUT2D eigenvalue weighted by molar-refractivity contribution is 0.0143. The molecule has 3 nitrogen and oxygen atoms in total. The second kappa shape index (κ2) is 2.67. The Hall–Kier alpha value is -1.65. The molecule has 0 radical (unpaired) electrons. The van der Waals surface area contributed by atoms with Crippen molar-refractivity contribution in [3.8, 4) is 0 Å². The molecule has 3 N–H and O–H groups in total. The number of hydrogen-bond acceptors (Lipinski definition) is 2. The number of halogens is 2. The normalized spacial score (nSPS) is 12.2. The quantitative estimate of drug-likeness (QED) is 0.689. The molecule has 0 aliphatic carbocycles. The molecule has 0 spiro atoms. The number of nitrogens with two attached hydrogens (primary N) is 1. The van der Waals surface area contributed by atoms with E-state index in [1.165, 1.54) is 0 Å². The molecule has 0 unspecified atom stereocenters. The first kappa shape index (κ1) is 8.93. The van der Waals surface area contributed by atoms with Gasteiger partial charge in [-0.2, -0.15) is 13.9 Å². The van der Waals surface area contributed by atoms with Gasteiger partial charge < -0.3 is 5.73 Å². The van der Waals surface area contributed by atoms with E-state index in [0.29, 0.717) is 16.6 Å². The van der Waals surface area contributed by atoms with Gasteiger partial charge in [0.15, 0.2) is 0 Å². The van der Waals surface area contributed by atoms with Crippen LogP contribution in [-0.4, -0.2) is 10.2 Å². The molecule has 0 atom stereocenters. The Balaban J connectivity index is 2.80. The molecule has 0 aliphatic rings. The number of H-pyrrole nitrogens is 1. The number of nitrogen functional groups attached to an aromatic ring is 1. The van der Waals surface area contributed by atoms with Gasteiger partial charge in [-0.05, 0) is 12.1 Å². The lowest BCUT2D eigenvalue weighted by Gasteiger charge is -2.08. The van der Waals surface area contributed by atoms with Crippen molar-refractivity contribution in [1.29, 1.82) is 0 Å². The fraction of sp³-hybridized carbons (Fsp3) is 0.222. The van der Waals surface area contributed by atoms with Gasteiger partial charge in [-0.25, -0.2) is 0 Å². The maximum Gasteiger partial charge on any atom is 0.287 e. The van der Waals surface area contributed by atoms with Gasteiger partial charge in [-0.3, -0.25) is 5.10 Å². The van der Waals surface area contributed by atoms with E-state index in [9.17, 15) is 8.78 Å². The molecule has 0 amide bonds. The van der Waals surface area contributed by atoms with E-state index >= 15 is 0 Å². The predicted molar refractivity (Wildman–Crippen MR) is 50.1 cm³/mol. The van der Waals surface area contributed by atoms with Crippen molar-refractivity contribution in [1.82, 2.24) is 10.2 Å². The van der Waals surface area contributed by atoms with E-state index in [1.807, 2.05) is 0 Å². The lowest BCUT2D eigenvalue weighted by Crippen LogP contribution is -2.08. The maximum absolute atomic E-state index is 13.1. The van der Waals surface area contributed by atoms with Crippen LogP contribution < -0.4 is 5.73 Å². The number of aromatic amines is 1. The maximum atomic E-state index is 13.1. The molecule has 1 aromatic carbocycles. The number of rotatable bonds is 1. The molecule has 2 aromatic rings. The van der Waals surface area contributed by atoms with Gasteiger partial charge in [0, 0.05) is 12.6 Å². The smallest absolute Gasteiger partial charge is 0.287 e. The highest BCUT2D eigenvalue weighted by atomic mass is 19.3. The van der Waals surface area contributed by atoms with Crippen LogP contribution in [0, 0.1) is 0 Å². The summed E-state index contributed by atoms with van der Waals surface area (Å²) in [7, 11) is 0. The van der Waals surface area contributed by atoms with E-state index in [-0.39, 0.29) is 5.69 Å². The molecule has 1 aromatic heterocycles. The monoisotopic (exact) mass is 197 g/mol. The van der Waals surface area contributed by atoms with Crippen LogP contribution in [0.5, 0.6) is 0 Å². The predicted octanol–water partition coefficient (Wildman–Crippen LogP) is 2.26. The Kier molecular flexibility index (Phi) is 1.70. The number of alkyl halides is 2. The van der Waals surface area contributed by atoms with Crippen LogP contribution in [0.15, 0.2) is 18.2 Å². The first-order valence-electron chi connectivity index (χ1n) is 4.11. The van der Waals surface area contributed by atoms with E-state index in [4.69, 9.17) is 5.73 Å². The summed E-state index contributed by atoms with van der Waals surface area (Å²) in [5.41, 5.74) is 6.15. The summed E-state index contributed by atoms with van der Waals surface area (Å²) in [4.78, 5) is 0. The van der Waals surface area contributed by atoms with Crippen LogP contribution in [0.4, 0.5) is 14.5 Å². The first-order chi connectivity index (χ1) is 6.50. The summed E-state index contributed by atoms with van der Waals surface area (Å²) in [5, 5.41) is 6.38. The molecule has 0 saturated carbocycles. The molecular weight excluding hydrogens is 188 g/mol. The zero-order valence-electron chi connectivity index (χ0n) is 7.51. The number of benzene rings is 1. The molecule has 1 heterocycles. The lowest BCUT2D eigenvalue weighted by atomic mass is 10.1. The fourth-order valence-corrected chi connectivity index (χ4v) is 1.41. The van der Waals surface area contributed by atoms with Crippen molar-refractivity contribution in [2.24, 2.45) is 0 Å². The molecule has 2 rings (SSSR count). The Morgan fingerprint density at radius 2 is 2.14 bits per heavy atom. The molecule has 74 valence electrons. The molecule has 5 heteroatoms. The molecular formula is C9H9F2N3. The van der Waals surface area contributed by atoms with Crippen LogP contribution in [0.3, 0.4) is 0 Å². The first-order valence-corrected chi connectivity index (χ1v) is 4.11. The largest absolute Gasteiger partial charge is 0.398 e. The van der Waals surface area contributed by atoms with Gasteiger partial charge in [-0.1, -0.05) is 6.07 Å². The highest BCUT2D eigenvalue weighted by molar-refractivity contribution is 5.92. The van der Waals surface area contributed by atoms with Crippen molar-refractivity contribution < 1.29 is 8.78 Å². The number of nitrogens with one attached hydrogen (secondary N) is 1. The van der Waals surface area contributed by atoms with Crippen molar-refractivity contribution >= 4 is 16.6 Å². The summed E-state index contributed by atoms with van der Waals surface area (Å²) in [5.74, 6) is -2.95. The van der Waals surface area contributed by atoms with Crippen LogP contribution in [0.1, 0.15) is 12.6 Å². The summed E-state index contributed by atoms with van der Waals surface area (Å²) in [6.45, 7) is 0.812. The minimum Gasteiger partial charge on any atom is -0.398 e. The highest BCUT2D eigenvalue weighted by Gasteiger charge is 2.29. The number of hydrogen-bond donors (Lipinski definition) is 2. The zero-order chi connectivity index (χ0) is 10.3. The Morgan fingerprint density at radius 3 is 2.79 bits per heavy atom. The SMILES string of the molecule is CC(F)(F)c1[nH]nc2cccc(N)c12. The van der Waals surface area contributed by atoms with Gasteiger partial charge in [0.1, 0.15) is 5.69 Å². The van der Waals surface area contributed by atoms with Crippen LogP contribution in [0.2, 0.25) is 0 Å². The standard InChI is InChI=1S/C9H9F2N3/c1-9(10,11)8-7-5(12)3-2-4-6(7)13-14-8/h2-4H,12H2,1H3,(H,13,14). The zero-order valence-corrected chi connectivity index (χ0v) is 7.51. The minimum absolute atomic E-state index is 0.231. The Morgan fingerprint density at radius 1 is 1.43 bits per heavy atom. The fourth-order valence-electron chi connectivity index (χ4n) is 1.41. The number of aromatic nitrogens is 2. The van der Waals surface area contributed by atoms with Crippen molar-refractivity contribution in [2.45, 2.75) is 12.8 Å². The third-order valence-corrected chi connectivity index (χ3v) is 2.05. The van der Waals surface area contributed by atoms with Crippen LogP contribution in [0.25, 0.3) is 10.9 Å². The van der Waals surface area contributed by atoms with Crippen LogP contribution >= 0.6 is 0 Å². The summed E-state index contributed by atoms with van der Waals surface area (Å²) in [6, 6.07) is 4.89. The average molecular weight is 197 g/mol. The van der Waals surface area contributed by atoms with Gasteiger partial charge >= 0.3 is 0 Å². The minimum atomic E-state index is -2.95. The van der Waals surface area contributed by atoms with Gasteiger partial charge in [-0.15, -0.1) is 0 Å². The van der Waals surface area contributed by atoms with Crippen LogP contribution in [-0.2, 0) is 5.92 Å². The molecule has 0 fully saturated rings. The average Bonchev–Trinajstić information content (AvgIpc) is 2.47. The summed E-state index contributed by atoms with van der Waals surface area (Å²) >= 11 is 0. The van der Waals surface area contributed by atoms with Gasteiger partial charge in [0.25, 0.3) is 5.92 Å². The van der Waals surface area contributed by atoms with Crippen molar-refractivity contribution in [3.63, 3.8) is 0 Å². The summed E-state index contributed by atoms with van der Waals surface area (Å²) in [6.07, 6.45) is 0. The van der Waals surface area contributed by atoms with Crippen molar-refractivity contribution in [2.75, 3.05) is 5.73 Å². The number of anilines is 1. The third kappa shape index (κ3) is 1.21. The van der Waals surface area contributed by atoms with E-state index < -0.39 is 5.92 Å². The molecule has 0 bridgehead atoms. The topological polar surface area (TPSA) is 54.7 Å². The Bertz CT molecular complexity index is 470. The van der Waals surface area contributed by atoms with Gasteiger partial charge in [0.2, 0.25) is 0 Å². The molecule has 14 heavy (non-hydrogen) atoms. The third-order valence-electron chi connectivity index (χ3n) is 2.05. The highest BCUT2D eigenvalue weighted by Crippen LogP contribution is 2.33. The number of nitrogens with zero attached hydrogens (tertiary/aromatic N) is 1. The van der Waals surface area contributed by atoms with Gasteiger partial charge in [0.05, 0.1) is 10.9 Å². The van der Waals surface area contributed by atoms with E-state index in [1.54, 1.807) is 18.2 Å². The number of fused-ring (bicyclic) bond motifs is 1. The summed E-state index contributed by atoms with van der Waals surface area (Å²) < 4.78 is 26.1. The second-order valence-electron chi connectivity index (χ2n) is 3.23.